The molecule has 9 heteroatoms. The molecule has 2 aliphatic rings. The number of allylic oxidation sites excluding steroid dienone is 1. The Kier molecular flexibility index (Phi) is 8.13. The van der Waals surface area contributed by atoms with Gasteiger partial charge in [-0.1, -0.05) is 31.6 Å². The zero-order valence-corrected chi connectivity index (χ0v) is 26.8. The van der Waals surface area contributed by atoms with Gasteiger partial charge in [-0.15, -0.1) is 11.3 Å². The molecule has 1 atom stereocenters. The number of H-pyrrole nitrogens is 1. The van der Waals surface area contributed by atoms with Gasteiger partial charge in [0, 0.05) is 41.8 Å². The van der Waals surface area contributed by atoms with E-state index in [1.165, 1.54) is 28.2 Å². The number of nitrogens with one attached hydrogen (secondary N) is 1. The topological polar surface area (TPSA) is 81.7 Å². The number of piperazine rings is 1. The number of halogens is 1. The molecule has 7 rings (SSSR count). The molecule has 1 saturated heterocycles. The molecule has 1 fully saturated rings. The summed E-state index contributed by atoms with van der Waals surface area (Å²) in [5.74, 6) is -0.471. The highest BCUT2D eigenvalue weighted by molar-refractivity contribution is 7.11. The minimum Gasteiger partial charge on any atom is -0.478 e. The first kappa shape index (κ1) is 30.2. The summed E-state index contributed by atoms with van der Waals surface area (Å²) in [6.45, 7) is 7.82. The van der Waals surface area contributed by atoms with Gasteiger partial charge < -0.3 is 19.7 Å². The van der Waals surface area contributed by atoms with Crippen LogP contribution in [0.1, 0.15) is 48.3 Å². The number of hydrogen-bond donors (Lipinski definition) is 2. The highest BCUT2D eigenvalue weighted by atomic mass is 32.1. The second-order valence-corrected chi connectivity index (χ2v) is 14.0. The van der Waals surface area contributed by atoms with Crippen LogP contribution in [0.25, 0.3) is 27.7 Å². The van der Waals surface area contributed by atoms with Crippen LogP contribution in [0.3, 0.4) is 0 Å². The lowest BCUT2D eigenvalue weighted by Crippen LogP contribution is -2.56. The molecule has 2 N–H and O–H groups in total. The number of thiophene rings is 1. The lowest BCUT2D eigenvalue weighted by molar-refractivity contribution is 0.0697. The maximum absolute atomic E-state index is 13.6. The number of pyridine rings is 1. The van der Waals surface area contributed by atoms with Crippen molar-refractivity contribution in [2.24, 2.45) is 5.41 Å². The number of aromatic amines is 1. The standard InChI is InChI=1S/C37H37FN4O3S/c1-37(2)13-11-27(32(19-37)33-18-28(23-46-33)24-3-7-29(38)8-4-24)21-41-15-16-42(30-9-5-25(6-10-30)36(43)44)34(22-41)45-31-17-26-12-14-39-35(26)40-20-31/h3-10,12,14,17-18,20,23,34H,11,13,15-16,19,21-22H2,1-2H3,(H,39,40)(H,43,44). The fraction of sp³-hybridized carbons (Fsp3) is 0.297. The number of rotatable bonds is 8. The highest BCUT2D eigenvalue weighted by Gasteiger charge is 2.33. The quantitative estimate of drug-likeness (QED) is 0.178. The SMILES string of the molecule is CC1(C)CCC(CN2CCN(c3ccc(C(=O)O)cc3)C(Oc3cnc4[nH]ccc4c3)C2)=C(c2cc(-c3ccc(F)cc3)cs2)C1. The number of carboxylic acid groups (broad SMARTS) is 1. The molecule has 5 aromatic rings. The Hall–Kier alpha value is -4.47. The number of hydrogen-bond acceptors (Lipinski definition) is 6. The van der Waals surface area contributed by atoms with E-state index >= 15 is 0 Å². The fourth-order valence-electron chi connectivity index (χ4n) is 6.61. The maximum Gasteiger partial charge on any atom is 0.335 e. The summed E-state index contributed by atoms with van der Waals surface area (Å²) in [4.78, 5) is 25.2. The lowest BCUT2D eigenvalue weighted by Gasteiger charge is -2.43. The minimum atomic E-state index is -0.940. The third-order valence-corrected chi connectivity index (χ3v) is 10.2. The van der Waals surface area contributed by atoms with Crippen molar-refractivity contribution in [2.45, 2.75) is 39.3 Å². The monoisotopic (exact) mass is 636 g/mol. The van der Waals surface area contributed by atoms with Crippen molar-refractivity contribution < 1.29 is 19.0 Å². The Bertz CT molecular complexity index is 1890. The van der Waals surface area contributed by atoms with Crippen LogP contribution in [-0.2, 0) is 0 Å². The average Bonchev–Trinajstić information content (AvgIpc) is 3.73. The number of nitrogens with zero attached hydrogens (tertiary/aromatic N) is 3. The Labute approximate surface area is 272 Å². The van der Waals surface area contributed by atoms with E-state index < -0.39 is 5.97 Å². The van der Waals surface area contributed by atoms with Crippen LogP contribution >= 0.6 is 11.3 Å². The Morgan fingerprint density at radius 3 is 2.67 bits per heavy atom. The van der Waals surface area contributed by atoms with E-state index in [4.69, 9.17) is 4.74 Å². The van der Waals surface area contributed by atoms with E-state index in [2.05, 4.69) is 45.1 Å². The molecule has 4 heterocycles. The predicted molar refractivity (Wildman–Crippen MR) is 182 cm³/mol. The Morgan fingerprint density at radius 1 is 1.09 bits per heavy atom. The van der Waals surface area contributed by atoms with Gasteiger partial charge in [0.25, 0.3) is 0 Å². The van der Waals surface area contributed by atoms with E-state index in [1.54, 1.807) is 29.7 Å². The normalized spacial score (nSPS) is 18.7. The van der Waals surface area contributed by atoms with Gasteiger partial charge >= 0.3 is 5.97 Å². The summed E-state index contributed by atoms with van der Waals surface area (Å²) in [5, 5.41) is 12.6. The van der Waals surface area contributed by atoms with Gasteiger partial charge in [0.15, 0.2) is 6.23 Å². The van der Waals surface area contributed by atoms with Crippen LogP contribution < -0.4 is 9.64 Å². The number of benzene rings is 2. The zero-order valence-electron chi connectivity index (χ0n) is 26.0. The molecule has 2 aromatic carbocycles. The fourth-order valence-corrected chi connectivity index (χ4v) is 7.62. The molecule has 0 spiro atoms. The third kappa shape index (κ3) is 6.43. The second kappa shape index (κ2) is 12.4. The number of carboxylic acids is 1. The smallest absolute Gasteiger partial charge is 0.335 e. The van der Waals surface area contributed by atoms with Crippen molar-refractivity contribution >= 4 is 39.6 Å². The van der Waals surface area contributed by atoms with Crippen LogP contribution in [0.2, 0.25) is 0 Å². The molecule has 7 nitrogen and oxygen atoms in total. The van der Waals surface area contributed by atoms with Gasteiger partial charge in [-0.3, -0.25) is 4.90 Å². The van der Waals surface area contributed by atoms with Crippen LogP contribution in [0.15, 0.2) is 90.1 Å². The molecule has 0 radical (unpaired) electrons. The summed E-state index contributed by atoms with van der Waals surface area (Å²) in [7, 11) is 0. The van der Waals surface area contributed by atoms with Crippen molar-refractivity contribution in [1.82, 2.24) is 14.9 Å². The molecular weight excluding hydrogens is 599 g/mol. The minimum absolute atomic E-state index is 0.217. The van der Waals surface area contributed by atoms with Gasteiger partial charge in [-0.2, -0.15) is 0 Å². The lowest BCUT2D eigenvalue weighted by atomic mass is 9.73. The number of anilines is 1. The molecule has 1 aliphatic heterocycles. The molecule has 0 saturated carbocycles. The highest BCUT2D eigenvalue weighted by Crippen LogP contribution is 2.45. The van der Waals surface area contributed by atoms with Crippen molar-refractivity contribution in [1.29, 1.82) is 0 Å². The summed E-state index contributed by atoms with van der Waals surface area (Å²) >= 11 is 1.77. The van der Waals surface area contributed by atoms with E-state index in [1.807, 2.05) is 42.6 Å². The van der Waals surface area contributed by atoms with Crippen molar-refractivity contribution in [2.75, 3.05) is 31.1 Å². The van der Waals surface area contributed by atoms with E-state index in [0.29, 0.717) is 12.3 Å². The van der Waals surface area contributed by atoms with Gasteiger partial charge in [0.2, 0.25) is 0 Å². The molecule has 3 aromatic heterocycles. The summed E-state index contributed by atoms with van der Waals surface area (Å²) in [5.41, 5.74) is 7.28. The van der Waals surface area contributed by atoms with Crippen LogP contribution in [0, 0.1) is 11.2 Å². The van der Waals surface area contributed by atoms with Gasteiger partial charge in [0.1, 0.15) is 17.2 Å². The van der Waals surface area contributed by atoms with Crippen molar-refractivity contribution in [3.05, 3.63) is 106 Å². The second-order valence-electron chi connectivity index (χ2n) is 13.1. The Balaban J connectivity index is 1.16. The number of aromatic carboxylic acids is 1. The van der Waals surface area contributed by atoms with Crippen LogP contribution in [-0.4, -0.2) is 58.4 Å². The number of carbonyl (C=O) groups is 1. The number of fused-ring (bicyclic) bond motifs is 1. The summed E-state index contributed by atoms with van der Waals surface area (Å²) in [6, 6.07) is 20.0. The molecule has 236 valence electrons. The summed E-state index contributed by atoms with van der Waals surface area (Å²) in [6.07, 6.45) is 6.53. The predicted octanol–water partition coefficient (Wildman–Crippen LogP) is 8.32. The number of ether oxygens (including phenoxy) is 1. The first-order chi connectivity index (χ1) is 22.2. The average molecular weight is 637 g/mol. The summed E-state index contributed by atoms with van der Waals surface area (Å²) < 4.78 is 20.2. The molecule has 1 aliphatic carbocycles. The first-order valence-corrected chi connectivity index (χ1v) is 16.6. The molecule has 1 unspecified atom stereocenters. The van der Waals surface area contributed by atoms with Crippen molar-refractivity contribution in [3.8, 4) is 16.9 Å². The zero-order chi connectivity index (χ0) is 31.8. The van der Waals surface area contributed by atoms with Gasteiger partial charge in [0.05, 0.1) is 18.3 Å². The molecule has 46 heavy (non-hydrogen) atoms. The van der Waals surface area contributed by atoms with Crippen LogP contribution in [0.5, 0.6) is 5.75 Å². The number of aromatic nitrogens is 2. The third-order valence-electron chi connectivity index (χ3n) is 9.19. The van der Waals surface area contributed by atoms with E-state index in [-0.39, 0.29) is 23.0 Å². The first-order valence-electron chi connectivity index (χ1n) is 15.7. The molecule has 0 bridgehead atoms. The van der Waals surface area contributed by atoms with E-state index in [0.717, 1.165) is 66.7 Å². The molecule has 0 amide bonds. The maximum atomic E-state index is 13.6. The van der Waals surface area contributed by atoms with Crippen LogP contribution in [0.4, 0.5) is 10.1 Å². The van der Waals surface area contributed by atoms with Crippen molar-refractivity contribution in [3.63, 3.8) is 0 Å². The molecular formula is C37H37FN4O3S. The van der Waals surface area contributed by atoms with Gasteiger partial charge in [-0.25, -0.2) is 14.2 Å². The Morgan fingerprint density at radius 2 is 1.89 bits per heavy atom. The van der Waals surface area contributed by atoms with E-state index in [9.17, 15) is 14.3 Å². The largest absolute Gasteiger partial charge is 0.478 e. The van der Waals surface area contributed by atoms with Gasteiger partial charge in [-0.05, 0) is 101 Å².